The molecule has 0 radical (unpaired) electrons. The Balaban J connectivity index is 1.89. The van der Waals surface area contributed by atoms with Gasteiger partial charge in [0.05, 0.1) is 13.7 Å². The Bertz CT molecular complexity index is 874. The summed E-state index contributed by atoms with van der Waals surface area (Å²) in [6.45, 7) is 0.437. The molecule has 0 atom stereocenters. The zero-order valence-corrected chi connectivity index (χ0v) is 14.0. The van der Waals surface area contributed by atoms with Crippen LogP contribution in [0.25, 0.3) is 0 Å². The number of nitrogens with zero attached hydrogens (tertiary/aromatic N) is 2. The number of halogens is 1. The molecule has 0 bridgehead atoms. The van der Waals surface area contributed by atoms with Crippen molar-refractivity contribution in [2.24, 2.45) is 0 Å². The van der Waals surface area contributed by atoms with Gasteiger partial charge in [0.1, 0.15) is 16.6 Å². The summed E-state index contributed by atoms with van der Waals surface area (Å²) >= 11 is 6.11. The van der Waals surface area contributed by atoms with Crippen LogP contribution < -0.4 is 10.3 Å². The number of hydrogen-bond acceptors (Lipinski definition) is 3. The SMILES string of the molecule is COc1ccc(Cn2cc(Cl)nc(Cc3ccccc3)c2=O)cc1. The van der Waals surface area contributed by atoms with Gasteiger partial charge >= 0.3 is 0 Å². The first-order valence-electron chi connectivity index (χ1n) is 7.58. The maximum Gasteiger partial charge on any atom is 0.273 e. The van der Waals surface area contributed by atoms with E-state index in [4.69, 9.17) is 16.3 Å². The molecule has 0 aliphatic heterocycles. The van der Waals surface area contributed by atoms with Gasteiger partial charge in [-0.25, -0.2) is 4.98 Å². The minimum Gasteiger partial charge on any atom is -0.497 e. The second kappa shape index (κ2) is 7.32. The van der Waals surface area contributed by atoms with Gasteiger partial charge in [0, 0.05) is 12.6 Å². The van der Waals surface area contributed by atoms with Crippen LogP contribution in [0.1, 0.15) is 16.8 Å². The number of ether oxygens (including phenoxy) is 1. The highest BCUT2D eigenvalue weighted by Gasteiger charge is 2.09. The van der Waals surface area contributed by atoms with Crippen LogP contribution in [0.2, 0.25) is 5.15 Å². The zero-order chi connectivity index (χ0) is 16.9. The van der Waals surface area contributed by atoms with E-state index in [0.717, 1.165) is 16.9 Å². The van der Waals surface area contributed by atoms with Crippen molar-refractivity contribution in [2.75, 3.05) is 7.11 Å². The van der Waals surface area contributed by atoms with Crippen LogP contribution in [0.5, 0.6) is 5.75 Å². The van der Waals surface area contributed by atoms with Crippen LogP contribution in [0, 0.1) is 0 Å². The van der Waals surface area contributed by atoms with E-state index < -0.39 is 0 Å². The van der Waals surface area contributed by atoms with Crippen molar-refractivity contribution in [1.29, 1.82) is 0 Å². The maximum atomic E-state index is 12.7. The lowest BCUT2D eigenvalue weighted by Crippen LogP contribution is -2.25. The molecule has 0 saturated heterocycles. The van der Waals surface area contributed by atoms with Crippen molar-refractivity contribution in [2.45, 2.75) is 13.0 Å². The largest absolute Gasteiger partial charge is 0.497 e. The Morgan fingerprint density at radius 1 is 1.04 bits per heavy atom. The predicted octanol–water partition coefficient (Wildman–Crippen LogP) is 3.54. The fraction of sp³-hybridized carbons (Fsp3) is 0.158. The molecule has 0 saturated carbocycles. The third kappa shape index (κ3) is 3.84. The van der Waals surface area contributed by atoms with Crippen LogP contribution in [0.4, 0.5) is 0 Å². The molecule has 0 N–H and O–H groups in total. The molecule has 5 heteroatoms. The molecule has 3 aromatic rings. The smallest absolute Gasteiger partial charge is 0.273 e. The Morgan fingerprint density at radius 2 is 1.75 bits per heavy atom. The van der Waals surface area contributed by atoms with Crippen LogP contribution in [-0.4, -0.2) is 16.7 Å². The lowest BCUT2D eigenvalue weighted by Gasteiger charge is -2.10. The molecule has 4 nitrogen and oxygen atoms in total. The van der Waals surface area contributed by atoms with Crippen molar-refractivity contribution in [3.63, 3.8) is 0 Å². The van der Waals surface area contributed by atoms with E-state index in [-0.39, 0.29) is 5.56 Å². The van der Waals surface area contributed by atoms with E-state index in [1.165, 1.54) is 0 Å². The van der Waals surface area contributed by atoms with E-state index in [1.807, 2.05) is 54.6 Å². The quantitative estimate of drug-likeness (QED) is 0.713. The summed E-state index contributed by atoms with van der Waals surface area (Å²) in [5.74, 6) is 0.781. The van der Waals surface area contributed by atoms with Gasteiger partial charge in [0.15, 0.2) is 0 Å². The molecule has 0 unspecified atom stereocenters. The lowest BCUT2D eigenvalue weighted by molar-refractivity contribution is 0.414. The third-order valence-electron chi connectivity index (χ3n) is 3.74. The van der Waals surface area contributed by atoms with Crippen LogP contribution in [-0.2, 0) is 13.0 Å². The minimum absolute atomic E-state index is 0.126. The summed E-state index contributed by atoms with van der Waals surface area (Å²) in [5.41, 5.74) is 2.34. The van der Waals surface area contributed by atoms with Gasteiger partial charge in [-0.3, -0.25) is 4.79 Å². The number of benzene rings is 2. The fourth-order valence-electron chi connectivity index (χ4n) is 2.51. The molecule has 3 rings (SSSR count). The number of methoxy groups -OCH3 is 1. The van der Waals surface area contributed by atoms with Gasteiger partial charge in [-0.05, 0) is 23.3 Å². The highest BCUT2D eigenvalue weighted by Crippen LogP contribution is 2.13. The van der Waals surface area contributed by atoms with Gasteiger partial charge in [0.2, 0.25) is 0 Å². The Hall–Kier alpha value is -2.59. The van der Waals surface area contributed by atoms with E-state index in [1.54, 1.807) is 17.9 Å². The van der Waals surface area contributed by atoms with Crippen LogP contribution >= 0.6 is 11.6 Å². The summed E-state index contributed by atoms with van der Waals surface area (Å²) in [5, 5.41) is 0.314. The Kier molecular flexibility index (Phi) is 4.96. The van der Waals surface area contributed by atoms with E-state index >= 15 is 0 Å². The van der Waals surface area contributed by atoms with E-state index in [0.29, 0.717) is 23.8 Å². The first-order valence-corrected chi connectivity index (χ1v) is 7.96. The van der Waals surface area contributed by atoms with Gasteiger partial charge in [-0.1, -0.05) is 54.1 Å². The van der Waals surface area contributed by atoms with Gasteiger partial charge < -0.3 is 9.30 Å². The van der Waals surface area contributed by atoms with Gasteiger partial charge in [-0.15, -0.1) is 0 Å². The number of hydrogen-bond donors (Lipinski definition) is 0. The predicted molar refractivity (Wildman–Crippen MR) is 94.9 cm³/mol. The lowest BCUT2D eigenvalue weighted by atomic mass is 10.1. The molecule has 122 valence electrons. The number of rotatable bonds is 5. The first-order chi connectivity index (χ1) is 11.7. The van der Waals surface area contributed by atoms with E-state index in [9.17, 15) is 4.79 Å². The first kappa shape index (κ1) is 16.3. The Labute approximate surface area is 145 Å². The van der Waals surface area contributed by atoms with Gasteiger partial charge in [-0.2, -0.15) is 0 Å². The molecule has 0 spiro atoms. The molecule has 2 aromatic carbocycles. The van der Waals surface area contributed by atoms with Crippen molar-refractivity contribution >= 4 is 11.6 Å². The molecule has 1 aromatic heterocycles. The molecular weight excluding hydrogens is 324 g/mol. The summed E-state index contributed by atoms with van der Waals surface area (Å²) < 4.78 is 6.74. The molecule has 0 aliphatic rings. The third-order valence-corrected chi connectivity index (χ3v) is 3.92. The average Bonchev–Trinajstić information content (AvgIpc) is 2.60. The van der Waals surface area contributed by atoms with E-state index in [2.05, 4.69) is 4.98 Å². The monoisotopic (exact) mass is 340 g/mol. The van der Waals surface area contributed by atoms with Crippen LogP contribution in [0.15, 0.2) is 65.6 Å². The number of aromatic nitrogens is 2. The molecule has 24 heavy (non-hydrogen) atoms. The second-order valence-electron chi connectivity index (χ2n) is 5.45. The Morgan fingerprint density at radius 3 is 2.42 bits per heavy atom. The molecular formula is C19H17ClN2O2. The highest BCUT2D eigenvalue weighted by atomic mass is 35.5. The summed E-state index contributed by atoms with van der Waals surface area (Å²) in [4.78, 5) is 16.9. The van der Waals surface area contributed by atoms with Crippen molar-refractivity contribution in [3.05, 3.63) is 93.1 Å². The zero-order valence-electron chi connectivity index (χ0n) is 13.3. The summed E-state index contributed by atoms with van der Waals surface area (Å²) in [6.07, 6.45) is 2.03. The topological polar surface area (TPSA) is 44.1 Å². The van der Waals surface area contributed by atoms with Crippen molar-refractivity contribution < 1.29 is 4.74 Å². The van der Waals surface area contributed by atoms with Crippen molar-refractivity contribution in [1.82, 2.24) is 9.55 Å². The molecule has 0 fully saturated rings. The maximum absolute atomic E-state index is 12.7. The minimum atomic E-state index is -0.126. The van der Waals surface area contributed by atoms with Crippen LogP contribution in [0.3, 0.4) is 0 Å². The summed E-state index contributed by atoms with van der Waals surface area (Å²) in [6, 6.07) is 17.4. The van der Waals surface area contributed by atoms with Gasteiger partial charge in [0.25, 0.3) is 5.56 Å². The normalized spacial score (nSPS) is 10.6. The summed E-state index contributed by atoms with van der Waals surface area (Å²) in [7, 11) is 1.62. The molecule has 0 amide bonds. The van der Waals surface area contributed by atoms with Crippen molar-refractivity contribution in [3.8, 4) is 5.75 Å². The molecule has 1 heterocycles. The molecule has 0 aliphatic carbocycles. The average molecular weight is 341 g/mol. The highest BCUT2D eigenvalue weighted by molar-refractivity contribution is 6.29. The standard InChI is InChI=1S/C19H17ClN2O2/c1-24-16-9-7-15(8-10-16)12-22-13-18(20)21-17(19(22)23)11-14-5-3-2-4-6-14/h2-10,13H,11-12H2,1H3. The second-order valence-corrected chi connectivity index (χ2v) is 5.84. The fourth-order valence-corrected chi connectivity index (χ4v) is 2.73.